The Labute approximate surface area is 180 Å². The molecule has 166 valence electrons. The minimum absolute atomic E-state index is 0.0776. The summed E-state index contributed by atoms with van der Waals surface area (Å²) < 4.78 is 46.3. The van der Waals surface area contributed by atoms with Crippen molar-refractivity contribution in [2.24, 2.45) is 0 Å². The number of aromatic nitrogens is 2. The largest absolute Gasteiger partial charge is 0.573 e. The van der Waals surface area contributed by atoms with Gasteiger partial charge in [0.1, 0.15) is 5.75 Å². The fourth-order valence-electron chi connectivity index (χ4n) is 3.39. The number of benzene rings is 2. The zero-order valence-electron chi connectivity index (χ0n) is 16.7. The Balaban J connectivity index is 1.42. The second-order valence-electron chi connectivity index (χ2n) is 7.16. The average molecular weight is 446 g/mol. The van der Waals surface area contributed by atoms with Crippen molar-refractivity contribution < 1.29 is 31.9 Å². The molecule has 0 aliphatic carbocycles. The Morgan fingerprint density at radius 3 is 2.56 bits per heavy atom. The monoisotopic (exact) mass is 446 g/mol. The van der Waals surface area contributed by atoms with Crippen LogP contribution >= 0.6 is 0 Å². The van der Waals surface area contributed by atoms with Gasteiger partial charge in [-0.2, -0.15) is 0 Å². The van der Waals surface area contributed by atoms with E-state index in [0.717, 1.165) is 17.7 Å². The number of carbonyl (C=O) groups is 2. The van der Waals surface area contributed by atoms with Crippen molar-refractivity contribution >= 4 is 23.5 Å². The summed E-state index contributed by atoms with van der Waals surface area (Å²) in [5.41, 5.74) is 1.67. The Bertz CT molecular complexity index is 1140. The molecule has 11 heteroatoms. The summed E-state index contributed by atoms with van der Waals surface area (Å²) in [5, 5.41) is 10.3. The molecule has 3 aromatic rings. The summed E-state index contributed by atoms with van der Waals surface area (Å²) in [4.78, 5) is 26.2. The van der Waals surface area contributed by atoms with E-state index in [2.05, 4.69) is 20.3 Å². The normalized spacial score (nSPS) is 16.3. The summed E-state index contributed by atoms with van der Waals surface area (Å²) in [7, 11) is 0. The molecule has 1 fully saturated rings. The number of carbonyl (C=O) groups excluding carboxylic acids is 2. The van der Waals surface area contributed by atoms with Crippen LogP contribution in [0, 0.1) is 6.92 Å². The second kappa shape index (κ2) is 8.33. The molecule has 2 heterocycles. The van der Waals surface area contributed by atoms with Crippen LogP contribution in [-0.4, -0.2) is 34.9 Å². The molecular formula is C21H17F3N4O4. The zero-order valence-corrected chi connectivity index (χ0v) is 16.7. The van der Waals surface area contributed by atoms with Gasteiger partial charge in [-0.3, -0.25) is 14.9 Å². The standard InChI is InChI=1S/C21H17F3N4O4/c1-12-4-2-3-5-16(12)18(30)25-20-27-26-19(31-20)13-10-17(29)28(11-13)14-6-8-15(9-7-14)32-21(22,23)24/h2-9,13H,10-11H2,1H3,(H,25,27,30)/t13-/m0/s1. The van der Waals surface area contributed by atoms with Crippen LogP contribution in [0.15, 0.2) is 52.9 Å². The van der Waals surface area contributed by atoms with E-state index in [4.69, 9.17) is 4.42 Å². The topological polar surface area (TPSA) is 97.6 Å². The SMILES string of the molecule is Cc1ccccc1C(=O)Nc1nnc([C@H]2CC(=O)N(c3ccc(OC(F)(F)F)cc3)C2)o1. The molecule has 2 amide bonds. The predicted octanol–water partition coefficient (Wildman–Crippen LogP) is 4.05. The van der Waals surface area contributed by atoms with Crippen LogP contribution in [0.5, 0.6) is 5.75 Å². The van der Waals surface area contributed by atoms with E-state index in [1.54, 1.807) is 25.1 Å². The molecule has 0 bridgehead atoms. The fraction of sp³-hybridized carbons (Fsp3) is 0.238. The number of nitrogens with one attached hydrogen (secondary N) is 1. The summed E-state index contributed by atoms with van der Waals surface area (Å²) in [5.74, 6) is -1.27. The Kier molecular flexibility index (Phi) is 5.56. The van der Waals surface area contributed by atoms with Gasteiger partial charge >= 0.3 is 12.4 Å². The first-order chi connectivity index (χ1) is 15.2. The molecule has 8 nitrogen and oxygen atoms in total. The third-order valence-electron chi connectivity index (χ3n) is 4.91. The lowest BCUT2D eigenvalue weighted by Gasteiger charge is -2.17. The molecule has 1 atom stereocenters. The maximum absolute atomic E-state index is 12.4. The molecule has 1 aliphatic heterocycles. The molecule has 0 saturated carbocycles. The third kappa shape index (κ3) is 4.71. The highest BCUT2D eigenvalue weighted by molar-refractivity contribution is 6.04. The molecule has 1 aliphatic rings. The average Bonchev–Trinajstić information content (AvgIpc) is 3.34. The lowest BCUT2D eigenvalue weighted by atomic mass is 10.1. The third-order valence-corrected chi connectivity index (χ3v) is 4.91. The minimum Gasteiger partial charge on any atom is -0.407 e. The lowest BCUT2D eigenvalue weighted by molar-refractivity contribution is -0.274. The molecule has 4 rings (SSSR count). The van der Waals surface area contributed by atoms with Gasteiger partial charge in [0, 0.05) is 24.2 Å². The number of anilines is 2. The van der Waals surface area contributed by atoms with Crippen molar-refractivity contribution in [2.45, 2.75) is 25.6 Å². The van der Waals surface area contributed by atoms with E-state index in [1.165, 1.54) is 17.0 Å². The van der Waals surface area contributed by atoms with Crippen molar-refractivity contribution in [3.8, 4) is 5.75 Å². The van der Waals surface area contributed by atoms with Gasteiger partial charge in [0.15, 0.2) is 0 Å². The van der Waals surface area contributed by atoms with E-state index in [9.17, 15) is 22.8 Å². The maximum atomic E-state index is 12.4. The molecule has 0 spiro atoms. The van der Waals surface area contributed by atoms with Gasteiger partial charge in [0.2, 0.25) is 11.8 Å². The van der Waals surface area contributed by atoms with Crippen molar-refractivity contribution in [3.05, 3.63) is 65.5 Å². The first kappa shape index (κ1) is 21.3. The van der Waals surface area contributed by atoms with E-state index in [-0.39, 0.29) is 36.5 Å². The maximum Gasteiger partial charge on any atom is 0.573 e. The van der Waals surface area contributed by atoms with Crippen molar-refractivity contribution in [3.63, 3.8) is 0 Å². The number of aryl methyl sites for hydroxylation is 1. The van der Waals surface area contributed by atoms with Gasteiger partial charge in [-0.1, -0.05) is 23.3 Å². The number of ether oxygens (including phenoxy) is 1. The zero-order chi connectivity index (χ0) is 22.9. The van der Waals surface area contributed by atoms with E-state index < -0.39 is 18.2 Å². The van der Waals surface area contributed by atoms with Crippen LogP contribution in [0.4, 0.5) is 24.9 Å². The molecule has 2 aromatic carbocycles. The highest BCUT2D eigenvalue weighted by Gasteiger charge is 2.35. The molecule has 32 heavy (non-hydrogen) atoms. The highest BCUT2D eigenvalue weighted by atomic mass is 19.4. The Morgan fingerprint density at radius 2 is 1.88 bits per heavy atom. The van der Waals surface area contributed by atoms with Crippen molar-refractivity contribution in [1.29, 1.82) is 0 Å². The van der Waals surface area contributed by atoms with Crippen molar-refractivity contribution in [1.82, 2.24) is 10.2 Å². The number of alkyl halides is 3. The number of hydrogen-bond donors (Lipinski definition) is 1. The van der Waals surface area contributed by atoms with Gasteiger partial charge in [0.25, 0.3) is 5.91 Å². The van der Waals surface area contributed by atoms with Crippen LogP contribution in [0.3, 0.4) is 0 Å². The number of rotatable bonds is 5. The van der Waals surface area contributed by atoms with Gasteiger partial charge in [-0.05, 0) is 42.8 Å². The van der Waals surface area contributed by atoms with Crippen LogP contribution in [0.25, 0.3) is 0 Å². The predicted molar refractivity (Wildman–Crippen MR) is 106 cm³/mol. The van der Waals surface area contributed by atoms with Crippen LogP contribution in [0.2, 0.25) is 0 Å². The Morgan fingerprint density at radius 1 is 1.16 bits per heavy atom. The van der Waals surface area contributed by atoms with Gasteiger partial charge < -0.3 is 14.1 Å². The lowest BCUT2D eigenvalue weighted by Crippen LogP contribution is -2.24. The molecule has 1 aromatic heterocycles. The van der Waals surface area contributed by atoms with Gasteiger partial charge in [-0.25, -0.2) is 0 Å². The van der Waals surface area contributed by atoms with Gasteiger partial charge in [-0.15, -0.1) is 18.3 Å². The summed E-state index contributed by atoms with van der Waals surface area (Å²) in [6, 6.07) is 11.9. The number of amides is 2. The first-order valence-corrected chi connectivity index (χ1v) is 9.56. The summed E-state index contributed by atoms with van der Waals surface area (Å²) in [6.45, 7) is 2.00. The van der Waals surface area contributed by atoms with E-state index >= 15 is 0 Å². The Hall–Kier alpha value is -3.89. The van der Waals surface area contributed by atoms with Crippen molar-refractivity contribution in [2.75, 3.05) is 16.8 Å². The molecule has 1 saturated heterocycles. The molecule has 1 N–H and O–H groups in total. The fourth-order valence-corrected chi connectivity index (χ4v) is 3.39. The number of hydrogen-bond acceptors (Lipinski definition) is 6. The molecule has 0 radical (unpaired) electrons. The minimum atomic E-state index is -4.79. The van der Waals surface area contributed by atoms with Gasteiger partial charge in [0.05, 0.1) is 5.92 Å². The molecular weight excluding hydrogens is 429 g/mol. The van der Waals surface area contributed by atoms with Crippen LogP contribution in [0.1, 0.15) is 34.2 Å². The number of nitrogens with zero attached hydrogens (tertiary/aromatic N) is 3. The highest BCUT2D eigenvalue weighted by Crippen LogP contribution is 2.33. The smallest absolute Gasteiger partial charge is 0.407 e. The summed E-state index contributed by atoms with van der Waals surface area (Å²) in [6.07, 6.45) is -4.71. The van der Waals surface area contributed by atoms with E-state index in [0.29, 0.717) is 11.3 Å². The van der Waals surface area contributed by atoms with Crippen LogP contribution < -0.4 is 15.0 Å². The summed E-state index contributed by atoms with van der Waals surface area (Å²) >= 11 is 0. The van der Waals surface area contributed by atoms with Crippen LogP contribution in [-0.2, 0) is 4.79 Å². The van der Waals surface area contributed by atoms with E-state index in [1.807, 2.05) is 6.07 Å². The first-order valence-electron chi connectivity index (χ1n) is 9.56. The molecule has 0 unspecified atom stereocenters. The second-order valence-corrected chi connectivity index (χ2v) is 7.16. The number of halogens is 3. The quantitative estimate of drug-likeness (QED) is 0.635.